The Balaban J connectivity index is 1.82. The first kappa shape index (κ1) is 12.9. The van der Waals surface area contributed by atoms with Crippen molar-refractivity contribution in [3.8, 4) is 0 Å². The average Bonchev–Trinajstić information content (AvgIpc) is 2.49. The second kappa shape index (κ2) is 5.92. The molecule has 102 valence electrons. The number of hydrogen-bond donors (Lipinski definition) is 1. The molecule has 0 amide bonds. The van der Waals surface area contributed by atoms with Crippen LogP contribution in [0.4, 0.5) is 0 Å². The molecule has 0 radical (unpaired) electrons. The van der Waals surface area contributed by atoms with E-state index in [0.29, 0.717) is 12.0 Å². The third-order valence-electron chi connectivity index (χ3n) is 4.94. The molecule has 19 heavy (non-hydrogen) atoms. The summed E-state index contributed by atoms with van der Waals surface area (Å²) in [4.78, 5) is 0. The van der Waals surface area contributed by atoms with E-state index in [-0.39, 0.29) is 0 Å². The lowest BCUT2D eigenvalue weighted by atomic mass is 9.74. The molecule has 2 aliphatic rings. The van der Waals surface area contributed by atoms with Crippen LogP contribution in [0.15, 0.2) is 42.0 Å². The Hall–Kier alpha value is -1.08. The predicted molar refractivity (Wildman–Crippen MR) is 81.1 cm³/mol. The quantitative estimate of drug-likeness (QED) is 0.779. The third-order valence-corrected chi connectivity index (χ3v) is 4.94. The Morgan fingerprint density at radius 1 is 0.895 bits per heavy atom. The zero-order chi connectivity index (χ0) is 13.1. The van der Waals surface area contributed by atoms with E-state index in [0.717, 1.165) is 12.3 Å². The van der Waals surface area contributed by atoms with Gasteiger partial charge in [0.25, 0.3) is 0 Å². The van der Waals surface area contributed by atoms with Crippen molar-refractivity contribution in [2.24, 2.45) is 11.7 Å². The second-order valence-corrected chi connectivity index (χ2v) is 6.22. The van der Waals surface area contributed by atoms with Gasteiger partial charge in [-0.3, -0.25) is 0 Å². The smallest absolute Gasteiger partial charge is 0.0173 e. The van der Waals surface area contributed by atoms with Crippen molar-refractivity contribution < 1.29 is 0 Å². The molecule has 3 rings (SSSR count). The van der Waals surface area contributed by atoms with Gasteiger partial charge in [-0.2, -0.15) is 0 Å². The minimum atomic E-state index is 0.301. The molecule has 1 aromatic carbocycles. The van der Waals surface area contributed by atoms with E-state index in [1.807, 2.05) is 0 Å². The molecule has 1 aromatic rings. The first-order valence-corrected chi connectivity index (χ1v) is 7.86. The number of hydrogen-bond acceptors (Lipinski definition) is 1. The summed E-state index contributed by atoms with van der Waals surface area (Å²) in [5, 5.41) is 0. The summed E-state index contributed by atoms with van der Waals surface area (Å²) in [6.07, 6.45) is 12.0. The number of benzene rings is 1. The summed E-state index contributed by atoms with van der Waals surface area (Å²) in [5.74, 6) is 1.29. The van der Waals surface area contributed by atoms with Crippen molar-refractivity contribution in [1.82, 2.24) is 0 Å². The minimum Gasteiger partial charge on any atom is -0.327 e. The maximum atomic E-state index is 6.36. The zero-order valence-corrected chi connectivity index (χ0v) is 11.7. The minimum absolute atomic E-state index is 0.301. The fourth-order valence-corrected chi connectivity index (χ4v) is 3.78. The fourth-order valence-electron chi connectivity index (χ4n) is 3.78. The number of allylic oxidation sites excluding steroid dienone is 1. The molecular weight excluding hydrogens is 230 g/mol. The van der Waals surface area contributed by atoms with Crippen LogP contribution in [-0.4, -0.2) is 6.04 Å². The van der Waals surface area contributed by atoms with Gasteiger partial charge < -0.3 is 5.73 Å². The Morgan fingerprint density at radius 3 is 2.37 bits per heavy atom. The molecule has 0 aromatic heterocycles. The van der Waals surface area contributed by atoms with E-state index in [1.165, 1.54) is 44.1 Å². The maximum Gasteiger partial charge on any atom is 0.0173 e. The topological polar surface area (TPSA) is 26.0 Å². The van der Waals surface area contributed by atoms with E-state index >= 15 is 0 Å². The lowest BCUT2D eigenvalue weighted by molar-refractivity contribution is 0.377. The summed E-state index contributed by atoms with van der Waals surface area (Å²) < 4.78 is 0. The molecular formula is C18H25N. The van der Waals surface area contributed by atoms with E-state index in [1.54, 1.807) is 5.57 Å². The molecule has 2 N–H and O–H groups in total. The molecule has 1 nitrogen and oxygen atoms in total. The molecule has 0 saturated heterocycles. The molecule has 1 unspecified atom stereocenters. The van der Waals surface area contributed by atoms with Gasteiger partial charge in [0.05, 0.1) is 0 Å². The molecule has 0 spiro atoms. The van der Waals surface area contributed by atoms with Crippen molar-refractivity contribution in [2.45, 2.75) is 56.9 Å². The van der Waals surface area contributed by atoms with Gasteiger partial charge >= 0.3 is 0 Å². The lowest BCUT2D eigenvalue weighted by Gasteiger charge is -2.33. The fraction of sp³-hybridized carbons (Fsp3) is 0.556. The molecule has 2 aliphatic carbocycles. The molecule has 1 saturated carbocycles. The molecule has 0 heterocycles. The Bertz CT molecular complexity index is 428. The normalized spacial score (nSPS) is 29.0. The first-order valence-electron chi connectivity index (χ1n) is 7.86. The van der Waals surface area contributed by atoms with Gasteiger partial charge in [0.15, 0.2) is 0 Å². The number of nitrogens with two attached hydrogens (primary N) is 1. The van der Waals surface area contributed by atoms with Crippen molar-refractivity contribution in [2.75, 3.05) is 0 Å². The zero-order valence-electron chi connectivity index (χ0n) is 11.7. The molecule has 0 aliphatic heterocycles. The van der Waals surface area contributed by atoms with Crippen LogP contribution < -0.4 is 5.73 Å². The predicted octanol–water partition coefficient (Wildman–Crippen LogP) is 4.40. The van der Waals surface area contributed by atoms with Crippen LogP contribution in [0.3, 0.4) is 0 Å². The van der Waals surface area contributed by atoms with Crippen LogP contribution in [0.25, 0.3) is 0 Å². The van der Waals surface area contributed by atoms with Gasteiger partial charge in [-0.15, -0.1) is 0 Å². The average molecular weight is 255 g/mol. The van der Waals surface area contributed by atoms with E-state index in [2.05, 4.69) is 36.4 Å². The van der Waals surface area contributed by atoms with Gasteiger partial charge in [-0.05, 0) is 37.2 Å². The van der Waals surface area contributed by atoms with Gasteiger partial charge in [-0.25, -0.2) is 0 Å². The molecule has 0 bridgehead atoms. The Kier molecular flexibility index (Phi) is 4.03. The van der Waals surface area contributed by atoms with E-state index in [9.17, 15) is 0 Å². The highest BCUT2D eigenvalue weighted by Gasteiger charge is 2.27. The van der Waals surface area contributed by atoms with Gasteiger partial charge in [0, 0.05) is 12.0 Å². The Morgan fingerprint density at radius 2 is 1.63 bits per heavy atom. The van der Waals surface area contributed by atoms with E-state index in [4.69, 9.17) is 5.73 Å². The highest BCUT2D eigenvalue weighted by atomic mass is 14.7. The van der Waals surface area contributed by atoms with Crippen LogP contribution in [0.5, 0.6) is 0 Å². The van der Waals surface area contributed by atoms with Gasteiger partial charge in [0.1, 0.15) is 0 Å². The van der Waals surface area contributed by atoms with Gasteiger partial charge in [-0.1, -0.05) is 61.2 Å². The van der Waals surface area contributed by atoms with Crippen LogP contribution >= 0.6 is 0 Å². The largest absolute Gasteiger partial charge is 0.327 e. The third kappa shape index (κ3) is 2.92. The Labute approximate surface area is 116 Å². The van der Waals surface area contributed by atoms with E-state index < -0.39 is 0 Å². The second-order valence-electron chi connectivity index (χ2n) is 6.22. The summed E-state index contributed by atoms with van der Waals surface area (Å²) in [5.41, 5.74) is 9.45. The first-order chi connectivity index (χ1) is 9.34. The van der Waals surface area contributed by atoms with Crippen LogP contribution in [0.1, 0.15) is 56.4 Å². The van der Waals surface area contributed by atoms with Crippen LogP contribution in [0, 0.1) is 5.92 Å². The molecule has 1 fully saturated rings. The lowest BCUT2D eigenvalue weighted by Crippen LogP contribution is -2.31. The monoisotopic (exact) mass is 255 g/mol. The van der Waals surface area contributed by atoms with Crippen molar-refractivity contribution in [3.05, 3.63) is 47.5 Å². The summed E-state index contributed by atoms with van der Waals surface area (Å²) in [7, 11) is 0. The van der Waals surface area contributed by atoms with Gasteiger partial charge in [0.2, 0.25) is 0 Å². The molecule has 1 heteroatoms. The van der Waals surface area contributed by atoms with Crippen LogP contribution in [0.2, 0.25) is 0 Å². The highest BCUT2D eigenvalue weighted by Crippen LogP contribution is 2.38. The highest BCUT2D eigenvalue weighted by molar-refractivity contribution is 5.30. The molecule has 2 atom stereocenters. The van der Waals surface area contributed by atoms with Crippen molar-refractivity contribution >= 4 is 0 Å². The van der Waals surface area contributed by atoms with Crippen molar-refractivity contribution in [1.29, 1.82) is 0 Å². The van der Waals surface area contributed by atoms with Crippen molar-refractivity contribution in [3.63, 3.8) is 0 Å². The number of rotatable bonds is 2. The standard InChI is InChI=1S/C18H25N/c19-18-12-11-16(14-7-3-1-4-8-14)13-17(18)15-9-5-2-6-10-15/h2,5-6,9-10,13-14,17-18H,1,3-4,7-8,11-12,19H2/t17-,18?/m0/s1. The van der Waals surface area contributed by atoms with Crippen LogP contribution in [-0.2, 0) is 0 Å². The summed E-state index contributed by atoms with van der Waals surface area (Å²) >= 11 is 0. The SMILES string of the molecule is NC1CCC(C2CCCCC2)=C[C@H]1c1ccccc1. The summed E-state index contributed by atoms with van der Waals surface area (Å²) in [6.45, 7) is 0. The maximum absolute atomic E-state index is 6.36. The summed E-state index contributed by atoms with van der Waals surface area (Å²) in [6, 6.07) is 11.1.